The van der Waals surface area contributed by atoms with Crippen LogP contribution >= 0.6 is 0 Å². The van der Waals surface area contributed by atoms with Crippen LogP contribution in [0.4, 0.5) is 28.7 Å². The molecule has 2 aromatic rings. The third-order valence-electron chi connectivity index (χ3n) is 3.78. The predicted octanol–water partition coefficient (Wildman–Crippen LogP) is 2.33. The van der Waals surface area contributed by atoms with Crippen LogP contribution in [0.2, 0.25) is 0 Å². The van der Waals surface area contributed by atoms with Gasteiger partial charge in [0.1, 0.15) is 5.69 Å². The van der Waals surface area contributed by atoms with Gasteiger partial charge in [-0.15, -0.1) is 0 Å². The third-order valence-corrected chi connectivity index (χ3v) is 3.78. The van der Waals surface area contributed by atoms with Gasteiger partial charge in [-0.1, -0.05) is 13.5 Å². The second-order valence-corrected chi connectivity index (χ2v) is 6.18. The highest BCUT2D eigenvalue weighted by Gasteiger charge is 2.14. The molecular weight excluding hydrogens is 358 g/mol. The van der Waals surface area contributed by atoms with Gasteiger partial charge in [0.2, 0.25) is 11.9 Å². The molecule has 28 heavy (non-hydrogen) atoms. The first kappa shape index (κ1) is 20.7. The maximum Gasteiger partial charge on any atom is 0.267 e. The average Bonchev–Trinajstić information content (AvgIpc) is 2.67. The standard InChI is InChI=1S/C19H25N7O2/c1-5-8-21-15-10-13(25-19-22-9-7-12(24-19)18(20)28)14(23-17(27)6-2)11-16(15)26(3)4/h6-7,9-11,21H,2,5,8H2,1,3-4H3,(H2,20,28)(H,23,27)(H,22,24,25). The van der Waals surface area contributed by atoms with E-state index in [0.717, 1.165) is 24.3 Å². The van der Waals surface area contributed by atoms with E-state index >= 15 is 0 Å². The molecule has 5 N–H and O–H groups in total. The molecule has 1 aromatic carbocycles. The Labute approximate surface area is 164 Å². The van der Waals surface area contributed by atoms with Crippen molar-refractivity contribution in [1.82, 2.24) is 9.97 Å². The van der Waals surface area contributed by atoms with Crippen LogP contribution in [0, 0.1) is 0 Å². The van der Waals surface area contributed by atoms with E-state index < -0.39 is 5.91 Å². The summed E-state index contributed by atoms with van der Waals surface area (Å²) in [5, 5.41) is 9.18. The first-order valence-electron chi connectivity index (χ1n) is 8.78. The molecule has 9 nitrogen and oxygen atoms in total. The lowest BCUT2D eigenvalue weighted by molar-refractivity contribution is -0.111. The summed E-state index contributed by atoms with van der Waals surface area (Å²) in [6.07, 6.45) is 3.57. The minimum Gasteiger partial charge on any atom is -0.383 e. The van der Waals surface area contributed by atoms with Crippen molar-refractivity contribution in [3.05, 3.63) is 42.7 Å². The van der Waals surface area contributed by atoms with Gasteiger partial charge < -0.3 is 26.6 Å². The van der Waals surface area contributed by atoms with Gasteiger partial charge in [0.25, 0.3) is 5.91 Å². The molecule has 0 aliphatic heterocycles. The smallest absolute Gasteiger partial charge is 0.267 e. The normalized spacial score (nSPS) is 10.1. The predicted molar refractivity (Wildman–Crippen MR) is 112 cm³/mol. The Morgan fingerprint density at radius 1 is 1.25 bits per heavy atom. The molecule has 1 heterocycles. The molecule has 0 saturated heterocycles. The van der Waals surface area contributed by atoms with E-state index in [-0.39, 0.29) is 17.5 Å². The largest absolute Gasteiger partial charge is 0.383 e. The van der Waals surface area contributed by atoms with Crippen LogP contribution in [0.15, 0.2) is 37.1 Å². The quantitative estimate of drug-likeness (QED) is 0.490. The summed E-state index contributed by atoms with van der Waals surface area (Å²) >= 11 is 0. The Morgan fingerprint density at radius 2 is 2.00 bits per heavy atom. The summed E-state index contributed by atoms with van der Waals surface area (Å²) in [5.74, 6) is -0.822. The van der Waals surface area contributed by atoms with Crippen LogP contribution in [-0.2, 0) is 4.79 Å². The summed E-state index contributed by atoms with van der Waals surface area (Å²) in [6, 6.07) is 5.11. The highest BCUT2D eigenvalue weighted by Crippen LogP contribution is 2.36. The van der Waals surface area contributed by atoms with Gasteiger partial charge in [0.15, 0.2) is 0 Å². The monoisotopic (exact) mass is 383 g/mol. The lowest BCUT2D eigenvalue weighted by Gasteiger charge is -2.22. The summed E-state index contributed by atoms with van der Waals surface area (Å²) in [5.41, 5.74) is 8.21. The highest BCUT2D eigenvalue weighted by atomic mass is 16.1. The maximum absolute atomic E-state index is 11.9. The SMILES string of the molecule is C=CC(=O)Nc1cc(N(C)C)c(NCCC)cc1Nc1nccc(C(N)=O)n1. The van der Waals surface area contributed by atoms with E-state index in [0.29, 0.717) is 11.4 Å². The first-order valence-corrected chi connectivity index (χ1v) is 8.78. The van der Waals surface area contributed by atoms with E-state index in [1.165, 1.54) is 18.3 Å². The Kier molecular flexibility index (Phi) is 6.91. The lowest BCUT2D eigenvalue weighted by atomic mass is 10.1. The van der Waals surface area contributed by atoms with Crippen LogP contribution in [0.25, 0.3) is 0 Å². The number of hydrogen-bond acceptors (Lipinski definition) is 7. The van der Waals surface area contributed by atoms with Crippen LogP contribution < -0.4 is 26.6 Å². The number of hydrogen-bond donors (Lipinski definition) is 4. The topological polar surface area (TPSA) is 125 Å². The molecule has 0 fully saturated rings. The number of carbonyl (C=O) groups is 2. The molecule has 0 atom stereocenters. The molecular formula is C19H25N7O2. The van der Waals surface area contributed by atoms with E-state index in [4.69, 9.17) is 5.73 Å². The third kappa shape index (κ3) is 5.19. The molecule has 0 unspecified atom stereocenters. The molecule has 0 spiro atoms. The number of benzene rings is 1. The van der Waals surface area contributed by atoms with Crippen molar-refractivity contribution in [1.29, 1.82) is 0 Å². The van der Waals surface area contributed by atoms with Gasteiger partial charge in [0.05, 0.1) is 22.7 Å². The number of amides is 2. The van der Waals surface area contributed by atoms with Crippen molar-refractivity contribution in [3.8, 4) is 0 Å². The fourth-order valence-corrected chi connectivity index (χ4v) is 2.43. The Morgan fingerprint density at radius 3 is 2.61 bits per heavy atom. The van der Waals surface area contributed by atoms with Crippen molar-refractivity contribution in [3.63, 3.8) is 0 Å². The van der Waals surface area contributed by atoms with Gasteiger partial charge >= 0.3 is 0 Å². The molecule has 9 heteroatoms. The fourth-order valence-electron chi connectivity index (χ4n) is 2.43. The number of nitrogens with zero attached hydrogens (tertiary/aromatic N) is 3. The minimum atomic E-state index is -0.654. The fraction of sp³-hybridized carbons (Fsp3) is 0.263. The maximum atomic E-state index is 11.9. The Bertz CT molecular complexity index is 881. The number of aromatic nitrogens is 2. The van der Waals surface area contributed by atoms with Crippen molar-refractivity contribution in [2.24, 2.45) is 5.73 Å². The van der Waals surface area contributed by atoms with Crippen molar-refractivity contribution in [2.45, 2.75) is 13.3 Å². The zero-order valence-electron chi connectivity index (χ0n) is 16.2. The number of nitrogens with two attached hydrogens (primary N) is 1. The summed E-state index contributed by atoms with van der Waals surface area (Å²) in [7, 11) is 3.83. The molecule has 0 saturated carbocycles. The molecule has 0 aliphatic carbocycles. The zero-order valence-corrected chi connectivity index (χ0v) is 16.2. The van der Waals surface area contributed by atoms with Crippen LogP contribution in [0.1, 0.15) is 23.8 Å². The molecule has 148 valence electrons. The molecule has 0 radical (unpaired) electrons. The molecule has 1 aromatic heterocycles. The molecule has 0 bridgehead atoms. The summed E-state index contributed by atoms with van der Waals surface area (Å²) in [6.45, 7) is 6.34. The van der Waals surface area contributed by atoms with Gasteiger partial charge in [-0.2, -0.15) is 0 Å². The van der Waals surface area contributed by atoms with E-state index in [1.807, 2.05) is 31.1 Å². The number of rotatable bonds is 9. The summed E-state index contributed by atoms with van der Waals surface area (Å²) in [4.78, 5) is 33.4. The lowest BCUT2D eigenvalue weighted by Crippen LogP contribution is -2.16. The minimum absolute atomic E-state index is 0.0865. The van der Waals surface area contributed by atoms with Gasteiger partial charge in [0, 0.05) is 26.8 Å². The van der Waals surface area contributed by atoms with Gasteiger partial charge in [-0.05, 0) is 30.7 Å². The van der Waals surface area contributed by atoms with Crippen LogP contribution in [0.3, 0.4) is 0 Å². The summed E-state index contributed by atoms with van der Waals surface area (Å²) < 4.78 is 0. The number of primary amides is 1. The Balaban J connectivity index is 2.51. The van der Waals surface area contributed by atoms with E-state index in [2.05, 4.69) is 39.4 Å². The van der Waals surface area contributed by atoms with Gasteiger partial charge in [-0.3, -0.25) is 9.59 Å². The van der Waals surface area contributed by atoms with E-state index in [9.17, 15) is 9.59 Å². The van der Waals surface area contributed by atoms with Crippen LogP contribution in [-0.4, -0.2) is 42.4 Å². The van der Waals surface area contributed by atoms with Crippen molar-refractivity contribution >= 4 is 40.5 Å². The van der Waals surface area contributed by atoms with Crippen molar-refractivity contribution in [2.75, 3.05) is 41.5 Å². The number of nitrogens with one attached hydrogen (secondary N) is 3. The Hall–Kier alpha value is -3.62. The molecule has 2 amide bonds. The average molecular weight is 383 g/mol. The number of anilines is 5. The van der Waals surface area contributed by atoms with Crippen molar-refractivity contribution < 1.29 is 9.59 Å². The van der Waals surface area contributed by atoms with E-state index in [1.54, 1.807) is 0 Å². The van der Waals surface area contributed by atoms with Gasteiger partial charge in [-0.25, -0.2) is 9.97 Å². The molecule has 0 aliphatic rings. The second kappa shape index (κ2) is 9.36. The zero-order chi connectivity index (χ0) is 20.7. The highest BCUT2D eigenvalue weighted by molar-refractivity contribution is 6.03. The molecule has 2 rings (SSSR count). The van der Waals surface area contributed by atoms with Crippen LogP contribution in [0.5, 0.6) is 0 Å². The second-order valence-electron chi connectivity index (χ2n) is 6.18. The first-order chi connectivity index (χ1) is 13.3. The number of carbonyl (C=O) groups excluding carboxylic acids is 2.